The van der Waals surface area contributed by atoms with Gasteiger partial charge in [0.05, 0.1) is 40.1 Å². The molecule has 2 amide bonds. The summed E-state index contributed by atoms with van der Waals surface area (Å²) in [5.41, 5.74) is 7.51. The molecular weight excluding hydrogens is 767 g/mol. The van der Waals surface area contributed by atoms with Gasteiger partial charge in [0.1, 0.15) is 19.0 Å². The molecule has 0 radical (unpaired) electrons. The van der Waals surface area contributed by atoms with Crippen molar-refractivity contribution >= 4 is 30.1 Å². The number of anilines is 1. The average molecular weight is 830 g/mol. The first-order chi connectivity index (χ1) is 28.5. The normalized spacial score (nSPS) is 18.8. The van der Waals surface area contributed by atoms with E-state index in [-0.39, 0.29) is 23.2 Å². The largest absolute Gasteiger partial charge is 0.493 e. The number of carbonyl (C=O) groups is 2. The van der Waals surface area contributed by atoms with Crippen molar-refractivity contribution in [3.63, 3.8) is 0 Å². The summed E-state index contributed by atoms with van der Waals surface area (Å²) in [6.07, 6.45) is 7.91. The van der Waals surface area contributed by atoms with Crippen molar-refractivity contribution in [1.29, 1.82) is 0 Å². The Hall–Kier alpha value is -3.97. The lowest BCUT2D eigenvalue weighted by molar-refractivity contribution is 0.0264. The van der Waals surface area contributed by atoms with Gasteiger partial charge >= 0.3 is 0 Å². The number of thiol groups is 1. The Balaban J connectivity index is 1.13. The average Bonchev–Trinajstić information content (AvgIpc) is 3.85. The van der Waals surface area contributed by atoms with Gasteiger partial charge < -0.3 is 43.1 Å². The second-order valence-corrected chi connectivity index (χ2v) is 18.3. The van der Waals surface area contributed by atoms with E-state index in [1.54, 1.807) is 14.2 Å². The Labute approximate surface area is 356 Å². The molecule has 0 aliphatic carbocycles. The zero-order valence-corrected chi connectivity index (χ0v) is 36.6. The number of carbonyl (C=O) groups excluding carboxylic acids is 2. The zero-order chi connectivity index (χ0) is 41.5. The number of aryl methyl sites for hydroxylation is 3. The van der Waals surface area contributed by atoms with Gasteiger partial charge in [-0.05, 0) is 142 Å². The molecule has 0 unspecified atom stereocenters. The van der Waals surface area contributed by atoms with Crippen LogP contribution in [0.4, 0.5) is 5.69 Å². The number of amides is 2. The minimum Gasteiger partial charge on any atom is -0.493 e. The van der Waals surface area contributed by atoms with Gasteiger partial charge in [-0.3, -0.25) is 9.59 Å². The van der Waals surface area contributed by atoms with Crippen LogP contribution in [0.3, 0.4) is 0 Å². The highest BCUT2D eigenvalue weighted by molar-refractivity contribution is 7.81. The minimum atomic E-state index is -0.292. The van der Waals surface area contributed by atoms with Crippen molar-refractivity contribution in [3.05, 3.63) is 81.4 Å². The number of hydrogen-bond acceptors (Lipinski definition) is 10. The first-order valence-electron chi connectivity index (χ1n) is 21.5. The number of ether oxygens (including phenoxy) is 6. The van der Waals surface area contributed by atoms with E-state index in [0.717, 1.165) is 109 Å². The van der Waals surface area contributed by atoms with E-state index in [2.05, 4.69) is 47.9 Å². The van der Waals surface area contributed by atoms with Crippen LogP contribution in [0.25, 0.3) is 0 Å². The smallest absolute Gasteiger partial charge is 0.254 e. The third-order valence-corrected chi connectivity index (χ3v) is 12.2. The summed E-state index contributed by atoms with van der Waals surface area (Å²) >= 11 is 4.94. The predicted octanol–water partition coefficient (Wildman–Crippen LogP) is 7.46. The van der Waals surface area contributed by atoms with Crippen molar-refractivity contribution in [2.75, 3.05) is 78.3 Å². The molecule has 59 heavy (non-hydrogen) atoms. The predicted molar refractivity (Wildman–Crippen MR) is 233 cm³/mol. The summed E-state index contributed by atoms with van der Waals surface area (Å²) < 4.78 is 35.4. The molecule has 2 fully saturated rings. The van der Waals surface area contributed by atoms with Crippen LogP contribution in [0, 0.1) is 6.92 Å². The molecule has 11 nitrogen and oxygen atoms in total. The molecule has 0 saturated carbocycles. The van der Waals surface area contributed by atoms with Gasteiger partial charge in [0.25, 0.3) is 11.8 Å². The number of nitrogens with zero attached hydrogens (tertiary/aromatic N) is 3. The van der Waals surface area contributed by atoms with Crippen LogP contribution in [-0.2, 0) is 40.3 Å². The molecule has 320 valence electrons. The van der Waals surface area contributed by atoms with Gasteiger partial charge in [0, 0.05) is 66.9 Å². The fourth-order valence-corrected chi connectivity index (χ4v) is 9.32. The Morgan fingerprint density at radius 1 is 0.695 bits per heavy atom. The lowest BCUT2D eigenvalue weighted by atomic mass is 9.99. The number of benzene rings is 3. The van der Waals surface area contributed by atoms with E-state index in [0.29, 0.717) is 81.9 Å². The highest BCUT2D eigenvalue weighted by Gasteiger charge is 2.35. The van der Waals surface area contributed by atoms with E-state index in [9.17, 15) is 9.59 Å². The second kappa shape index (κ2) is 19.6. The highest BCUT2D eigenvalue weighted by Crippen LogP contribution is 2.38. The van der Waals surface area contributed by atoms with Crippen LogP contribution in [-0.4, -0.2) is 112 Å². The maximum atomic E-state index is 13.6. The van der Waals surface area contributed by atoms with E-state index < -0.39 is 0 Å². The van der Waals surface area contributed by atoms with Crippen LogP contribution >= 0.6 is 12.6 Å². The third kappa shape index (κ3) is 10.7. The summed E-state index contributed by atoms with van der Waals surface area (Å²) in [5.74, 6) is 2.21. The van der Waals surface area contributed by atoms with Gasteiger partial charge in [-0.15, -0.1) is 0 Å². The SMILES string of the molecule is COCCOCCOCCN(CC(C)(C)S)c1cc(COc2cc3c(cc2C)C(=O)N2CCC[C@H]2CC3)cc(COc2cc3c(cc2OC)C(=O)N2CCC[C@H]2CC3)c1. The van der Waals surface area contributed by atoms with Crippen molar-refractivity contribution in [2.24, 2.45) is 0 Å². The van der Waals surface area contributed by atoms with Gasteiger partial charge in [-0.2, -0.15) is 12.6 Å². The topological polar surface area (TPSA) is 99.2 Å². The number of methoxy groups -OCH3 is 2. The molecule has 3 aromatic rings. The number of hydrogen-bond donors (Lipinski definition) is 1. The fraction of sp³-hybridized carbons (Fsp3) is 0.574. The van der Waals surface area contributed by atoms with Crippen LogP contribution in [0.1, 0.15) is 101 Å². The van der Waals surface area contributed by atoms with Crippen LogP contribution < -0.4 is 19.1 Å². The number of fused-ring (bicyclic) bond motifs is 4. The molecule has 0 spiro atoms. The lowest BCUT2D eigenvalue weighted by Gasteiger charge is -2.32. The Morgan fingerprint density at radius 3 is 1.85 bits per heavy atom. The van der Waals surface area contributed by atoms with E-state index >= 15 is 0 Å². The van der Waals surface area contributed by atoms with Crippen molar-refractivity contribution in [3.8, 4) is 17.2 Å². The molecular formula is C47H63N3O8S. The third-order valence-electron chi connectivity index (χ3n) is 12.1. The molecule has 0 bridgehead atoms. The molecule has 4 heterocycles. The van der Waals surface area contributed by atoms with Crippen molar-refractivity contribution < 1.29 is 38.0 Å². The van der Waals surface area contributed by atoms with E-state index in [4.69, 9.17) is 41.0 Å². The second-order valence-electron chi connectivity index (χ2n) is 17.1. The van der Waals surface area contributed by atoms with Gasteiger partial charge in [0.15, 0.2) is 11.5 Å². The van der Waals surface area contributed by atoms with Crippen LogP contribution in [0.2, 0.25) is 0 Å². The van der Waals surface area contributed by atoms with Crippen LogP contribution in [0.15, 0.2) is 42.5 Å². The molecule has 0 aromatic heterocycles. The number of rotatable bonds is 19. The Bertz CT molecular complexity index is 1950. The summed E-state index contributed by atoms with van der Waals surface area (Å²) in [7, 11) is 3.29. The summed E-state index contributed by atoms with van der Waals surface area (Å²) in [5, 5.41) is 0. The van der Waals surface area contributed by atoms with Gasteiger partial charge in [-0.25, -0.2) is 0 Å². The Morgan fingerprint density at radius 2 is 1.25 bits per heavy atom. The molecule has 4 aliphatic rings. The molecule has 12 heteroatoms. The van der Waals surface area contributed by atoms with Gasteiger partial charge in [0.2, 0.25) is 0 Å². The summed E-state index contributed by atoms with van der Waals surface area (Å²) in [6.45, 7) is 12.4. The Kier molecular flexibility index (Phi) is 14.3. The molecule has 3 aromatic carbocycles. The van der Waals surface area contributed by atoms with Crippen molar-refractivity contribution in [2.45, 2.75) is 102 Å². The van der Waals surface area contributed by atoms with E-state index in [1.165, 1.54) is 0 Å². The maximum Gasteiger partial charge on any atom is 0.254 e. The summed E-state index contributed by atoms with van der Waals surface area (Å²) in [4.78, 5) is 33.5. The molecule has 7 rings (SSSR count). The van der Waals surface area contributed by atoms with Crippen molar-refractivity contribution in [1.82, 2.24) is 9.80 Å². The minimum absolute atomic E-state index is 0.0913. The quantitative estimate of drug-likeness (QED) is 0.0976. The maximum absolute atomic E-state index is 13.6. The zero-order valence-electron chi connectivity index (χ0n) is 35.7. The standard InChI is InChI=1S/C47H63N3O8S/c1-32-22-40-35(10-12-37-8-6-14-49(37)45(40)51)26-42(32)57-29-33-23-34(25-39(24-33)48(31-47(2,3)59)16-17-55-20-21-56-19-18-53-4)30-58-44-27-36-11-13-38-9-7-15-50(38)46(52)41(36)28-43(44)54-5/h22-28,37-38,59H,6-21,29-31H2,1-5H3/t37-,38-/m0/s1. The first kappa shape index (κ1) is 43.1. The summed E-state index contributed by atoms with van der Waals surface area (Å²) in [6, 6.07) is 15.1. The molecule has 0 N–H and O–H groups in total. The molecule has 2 saturated heterocycles. The molecule has 2 atom stereocenters. The lowest BCUT2D eigenvalue weighted by Crippen LogP contribution is -2.37. The highest BCUT2D eigenvalue weighted by atomic mass is 32.1. The van der Waals surface area contributed by atoms with Gasteiger partial charge in [-0.1, -0.05) is 0 Å². The first-order valence-corrected chi connectivity index (χ1v) is 21.9. The molecule has 4 aliphatic heterocycles. The van der Waals surface area contributed by atoms with Crippen LogP contribution in [0.5, 0.6) is 17.2 Å². The monoisotopic (exact) mass is 829 g/mol. The van der Waals surface area contributed by atoms with E-state index in [1.807, 2.05) is 30.0 Å². The fourth-order valence-electron chi connectivity index (χ4n) is 9.15.